The van der Waals surface area contributed by atoms with E-state index in [1.54, 1.807) is 6.92 Å². The highest BCUT2D eigenvalue weighted by Crippen LogP contribution is 2.11. The molecule has 0 bridgehead atoms. The number of carbonyl (C=O) groups is 1. The molecule has 0 aliphatic rings. The fraction of sp³-hybridized carbons (Fsp3) is 0.500. The van der Waals surface area contributed by atoms with E-state index in [0.29, 0.717) is 12.2 Å². The first-order valence-electron chi connectivity index (χ1n) is 3.81. The molecule has 0 amide bonds. The maximum absolute atomic E-state index is 13.2. The van der Waals surface area contributed by atoms with Gasteiger partial charge in [0.2, 0.25) is 0 Å². The highest BCUT2D eigenvalue weighted by atomic mass is 19.1. The van der Waals surface area contributed by atoms with Crippen LogP contribution in [0.1, 0.15) is 30.0 Å². The van der Waals surface area contributed by atoms with Crippen molar-refractivity contribution >= 4 is 5.78 Å². The zero-order valence-corrected chi connectivity index (χ0v) is 7.39. The van der Waals surface area contributed by atoms with E-state index in [0.717, 1.165) is 0 Å². The van der Waals surface area contributed by atoms with Crippen molar-refractivity contribution in [2.45, 2.75) is 27.3 Å². The first-order valence-corrected chi connectivity index (χ1v) is 3.81. The van der Waals surface area contributed by atoms with Crippen molar-refractivity contribution < 1.29 is 9.18 Å². The van der Waals surface area contributed by atoms with E-state index in [-0.39, 0.29) is 11.5 Å². The summed E-state index contributed by atoms with van der Waals surface area (Å²) in [5.41, 5.74) is 0.358. The van der Waals surface area contributed by atoms with Crippen LogP contribution in [0.3, 0.4) is 0 Å². The third-order valence-electron chi connectivity index (χ3n) is 1.77. The number of ketones is 1. The van der Waals surface area contributed by atoms with Crippen molar-refractivity contribution in [3.8, 4) is 0 Å². The molecule has 1 aromatic rings. The molecule has 4 heteroatoms. The molecule has 1 heterocycles. The third kappa shape index (κ3) is 1.24. The van der Waals surface area contributed by atoms with Crippen LogP contribution >= 0.6 is 0 Å². The van der Waals surface area contributed by atoms with Crippen molar-refractivity contribution in [3.05, 3.63) is 17.2 Å². The van der Waals surface area contributed by atoms with E-state index in [2.05, 4.69) is 5.10 Å². The van der Waals surface area contributed by atoms with E-state index in [4.69, 9.17) is 0 Å². The van der Waals surface area contributed by atoms with Gasteiger partial charge in [-0.1, -0.05) is 0 Å². The van der Waals surface area contributed by atoms with Gasteiger partial charge in [0.25, 0.3) is 0 Å². The zero-order valence-electron chi connectivity index (χ0n) is 7.39. The molecule has 12 heavy (non-hydrogen) atoms. The van der Waals surface area contributed by atoms with Crippen molar-refractivity contribution in [1.29, 1.82) is 0 Å². The lowest BCUT2D eigenvalue weighted by Crippen LogP contribution is -2.00. The third-order valence-corrected chi connectivity index (χ3v) is 1.77. The Morgan fingerprint density at radius 1 is 1.67 bits per heavy atom. The Morgan fingerprint density at radius 2 is 2.25 bits per heavy atom. The second-order valence-corrected chi connectivity index (χ2v) is 2.62. The lowest BCUT2D eigenvalue weighted by Gasteiger charge is -1.95. The normalized spacial score (nSPS) is 10.3. The summed E-state index contributed by atoms with van der Waals surface area (Å²) in [7, 11) is 0. The van der Waals surface area contributed by atoms with E-state index in [1.807, 2.05) is 6.92 Å². The summed E-state index contributed by atoms with van der Waals surface area (Å²) in [6.07, 6.45) is 0. The standard InChI is InChI=1S/C8H11FN2O/c1-4-11-5(2)7(9)8(10-11)6(3)12/h4H2,1-3H3. The first kappa shape index (κ1) is 8.90. The van der Waals surface area contributed by atoms with E-state index < -0.39 is 5.82 Å². The maximum Gasteiger partial charge on any atom is 0.183 e. The van der Waals surface area contributed by atoms with Crippen LogP contribution in [0.4, 0.5) is 4.39 Å². The second kappa shape index (κ2) is 3.05. The van der Waals surface area contributed by atoms with Crippen LogP contribution in [0.5, 0.6) is 0 Å². The summed E-state index contributed by atoms with van der Waals surface area (Å²) in [5, 5.41) is 3.82. The minimum atomic E-state index is -0.496. The minimum Gasteiger partial charge on any atom is -0.293 e. The Balaban J connectivity index is 3.25. The number of aromatic nitrogens is 2. The average Bonchev–Trinajstić information content (AvgIpc) is 2.30. The summed E-state index contributed by atoms with van der Waals surface area (Å²) in [5.74, 6) is -0.827. The number of carbonyl (C=O) groups excluding carboxylic acids is 1. The van der Waals surface area contributed by atoms with Gasteiger partial charge in [0.1, 0.15) is 0 Å². The van der Waals surface area contributed by atoms with Gasteiger partial charge >= 0.3 is 0 Å². The van der Waals surface area contributed by atoms with Crippen LogP contribution in [-0.4, -0.2) is 15.6 Å². The Hall–Kier alpha value is -1.19. The van der Waals surface area contributed by atoms with Crippen molar-refractivity contribution in [1.82, 2.24) is 9.78 Å². The lowest BCUT2D eigenvalue weighted by molar-refractivity contribution is 0.100. The fourth-order valence-corrected chi connectivity index (χ4v) is 1.06. The van der Waals surface area contributed by atoms with Gasteiger partial charge in [-0.3, -0.25) is 9.48 Å². The molecule has 0 fully saturated rings. The summed E-state index contributed by atoms with van der Waals surface area (Å²) in [6.45, 7) is 5.35. The number of aryl methyl sites for hydroxylation is 1. The van der Waals surface area contributed by atoms with E-state index >= 15 is 0 Å². The molecule has 0 N–H and O–H groups in total. The van der Waals surface area contributed by atoms with Gasteiger partial charge in [-0.25, -0.2) is 4.39 Å². The molecule has 0 unspecified atom stereocenters. The summed E-state index contributed by atoms with van der Waals surface area (Å²) < 4.78 is 14.6. The molecule has 0 radical (unpaired) electrons. The average molecular weight is 170 g/mol. The molecule has 0 saturated carbocycles. The lowest BCUT2D eigenvalue weighted by atomic mass is 10.3. The highest BCUT2D eigenvalue weighted by Gasteiger charge is 2.16. The van der Waals surface area contributed by atoms with Crippen LogP contribution in [0.2, 0.25) is 0 Å². The Labute approximate surface area is 70.2 Å². The quantitative estimate of drug-likeness (QED) is 0.631. The molecule has 0 spiro atoms. The number of halogens is 1. The number of hydrogen-bond donors (Lipinski definition) is 0. The van der Waals surface area contributed by atoms with Gasteiger partial charge in [-0.2, -0.15) is 5.10 Å². The number of hydrogen-bond acceptors (Lipinski definition) is 2. The number of rotatable bonds is 2. The van der Waals surface area contributed by atoms with Crippen LogP contribution in [-0.2, 0) is 6.54 Å². The molecule has 0 aromatic carbocycles. The van der Waals surface area contributed by atoms with Gasteiger partial charge in [-0.15, -0.1) is 0 Å². The molecule has 1 aromatic heterocycles. The number of Topliss-reactive ketones (excluding diaryl/α,β-unsaturated/α-hetero) is 1. The van der Waals surface area contributed by atoms with Gasteiger partial charge < -0.3 is 0 Å². The molecule has 0 aliphatic heterocycles. The molecule has 1 rings (SSSR count). The van der Waals surface area contributed by atoms with Crippen LogP contribution in [0, 0.1) is 12.7 Å². The van der Waals surface area contributed by atoms with Crippen molar-refractivity contribution in [2.24, 2.45) is 0 Å². The molecular formula is C8H11FN2O. The van der Waals surface area contributed by atoms with Gasteiger partial charge in [0, 0.05) is 13.5 Å². The summed E-state index contributed by atoms with van der Waals surface area (Å²) >= 11 is 0. The van der Waals surface area contributed by atoms with Gasteiger partial charge in [-0.05, 0) is 13.8 Å². The molecule has 3 nitrogen and oxygen atoms in total. The first-order chi connectivity index (χ1) is 5.57. The van der Waals surface area contributed by atoms with Gasteiger partial charge in [0.15, 0.2) is 17.3 Å². The Bertz CT molecular complexity index is 317. The topological polar surface area (TPSA) is 34.9 Å². The Morgan fingerprint density at radius 3 is 2.50 bits per heavy atom. The van der Waals surface area contributed by atoms with Gasteiger partial charge in [0.05, 0.1) is 5.69 Å². The second-order valence-electron chi connectivity index (χ2n) is 2.62. The van der Waals surface area contributed by atoms with Crippen LogP contribution in [0.25, 0.3) is 0 Å². The predicted molar refractivity (Wildman–Crippen MR) is 42.6 cm³/mol. The smallest absolute Gasteiger partial charge is 0.183 e. The number of nitrogens with zero attached hydrogens (tertiary/aromatic N) is 2. The predicted octanol–water partition coefficient (Wildman–Crippen LogP) is 1.55. The molecule has 0 aliphatic carbocycles. The Kier molecular flexibility index (Phi) is 2.26. The monoisotopic (exact) mass is 170 g/mol. The molecule has 66 valence electrons. The maximum atomic E-state index is 13.2. The summed E-state index contributed by atoms with van der Waals surface area (Å²) in [6, 6.07) is 0. The van der Waals surface area contributed by atoms with Crippen molar-refractivity contribution in [2.75, 3.05) is 0 Å². The SMILES string of the molecule is CCn1nc(C(C)=O)c(F)c1C. The molecular weight excluding hydrogens is 159 g/mol. The highest BCUT2D eigenvalue weighted by molar-refractivity contribution is 5.92. The van der Waals surface area contributed by atoms with E-state index in [9.17, 15) is 9.18 Å². The van der Waals surface area contributed by atoms with Crippen LogP contribution in [0.15, 0.2) is 0 Å². The van der Waals surface area contributed by atoms with E-state index in [1.165, 1.54) is 11.6 Å². The van der Waals surface area contributed by atoms with Crippen molar-refractivity contribution in [3.63, 3.8) is 0 Å². The molecule has 0 atom stereocenters. The van der Waals surface area contributed by atoms with Crippen LogP contribution < -0.4 is 0 Å². The molecule has 0 saturated heterocycles. The fourth-order valence-electron chi connectivity index (χ4n) is 1.06. The largest absolute Gasteiger partial charge is 0.293 e. The minimum absolute atomic E-state index is 0.0608. The summed E-state index contributed by atoms with van der Waals surface area (Å²) in [4.78, 5) is 10.8. The zero-order chi connectivity index (χ0) is 9.30.